The van der Waals surface area contributed by atoms with Gasteiger partial charge in [0.25, 0.3) is 0 Å². The van der Waals surface area contributed by atoms with Gasteiger partial charge in [-0.15, -0.1) is 0 Å². The minimum absolute atomic E-state index is 0.0831. The van der Waals surface area contributed by atoms with Gasteiger partial charge in [-0.3, -0.25) is 4.98 Å². The standard InChI is InChI=1S/C13H10N2O3/c16-12-7-15(8-13(17)18-12)11-5-1-4-10-9(11)3-2-6-14-10/h1-6H,7-8H2. The van der Waals surface area contributed by atoms with Crippen LogP contribution in [0.1, 0.15) is 0 Å². The van der Waals surface area contributed by atoms with E-state index in [0.29, 0.717) is 0 Å². The van der Waals surface area contributed by atoms with Crippen molar-refractivity contribution in [3.63, 3.8) is 0 Å². The zero-order valence-electron chi connectivity index (χ0n) is 9.50. The molecular weight excluding hydrogens is 232 g/mol. The van der Waals surface area contributed by atoms with E-state index < -0.39 is 11.9 Å². The summed E-state index contributed by atoms with van der Waals surface area (Å²) in [4.78, 5) is 28.5. The molecule has 2 heterocycles. The molecule has 0 radical (unpaired) electrons. The normalized spacial score (nSPS) is 15.9. The lowest BCUT2D eigenvalue weighted by Gasteiger charge is -2.27. The second kappa shape index (κ2) is 4.10. The Bertz CT molecular complexity index is 618. The summed E-state index contributed by atoms with van der Waals surface area (Å²) in [6, 6.07) is 9.37. The van der Waals surface area contributed by atoms with Crippen LogP contribution in [0.4, 0.5) is 5.69 Å². The molecule has 0 saturated carbocycles. The summed E-state index contributed by atoms with van der Waals surface area (Å²) in [5.41, 5.74) is 1.66. The predicted octanol–water partition coefficient (Wildman–Crippen LogP) is 1.12. The molecule has 1 aromatic heterocycles. The maximum absolute atomic E-state index is 11.3. The van der Waals surface area contributed by atoms with E-state index in [9.17, 15) is 9.59 Å². The predicted molar refractivity (Wildman–Crippen MR) is 65.1 cm³/mol. The maximum Gasteiger partial charge on any atom is 0.333 e. The van der Waals surface area contributed by atoms with Crippen molar-refractivity contribution in [2.24, 2.45) is 0 Å². The van der Waals surface area contributed by atoms with Crippen LogP contribution >= 0.6 is 0 Å². The monoisotopic (exact) mass is 242 g/mol. The molecule has 0 amide bonds. The molecule has 90 valence electrons. The highest BCUT2D eigenvalue weighted by atomic mass is 16.6. The lowest BCUT2D eigenvalue weighted by Crippen LogP contribution is -2.43. The molecule has 1 aromatic carbocycles. The number of fused-ring (bicyclic) bond motifs is 1. The van der Waals surface area contributed by atoms with Gasteiger partial charge in [-0.1, -0.05) is 6.07 Å². The van der Waals surface area contributed by atoms with E-state index in [1.165, 1.54) is 0 Å². The lowest BCUT2D eigenvalue weighted by molar-refractivity contribution is -0.160. The van der Waals surface area contributed by atoms with Crippen molar-refractivity contribution in [2.45, 2.75) is 0 Å². The van der Waals surface area contributed by atoms with Crippen molar-refractivity contribution < 1.29 is 14.3 Å². The van der Waals surface area contributed by atoms with Gasteiger partial charge in [-0.25, -0.2) is 9.59 Å². The number of morpholine rings is 1. The zero-order chi connectivity index (χ0) is 12.5. The van der Waals surface area contributed by atoms with Crippen molar-refractivity contribution in [3.05, 3.63) is 36.5 Å². The van der Waals surface area contributed by atoms with Gasteiger partial charge in [-0.2, -0.15) is 0 Å². The fourth-order valence-electron chi connectivity index (χ4n) is 2.09. The molecule has 1 saturated heterocycles. The molecule has 5 heteroatoms. The number of aromatic nitrogens is 1. The van der Waals surface area contributed by atoms with E-state index in [4.69, 9.17) is 0 Å². The number of carbonyl (C=O) groups excluding carboxylic acids is 2. The van der Waals surface area contributed by atoms with Crippen LogP contribution in [-0.2, 0) is 14.3 Å². The van der Waals surface area contributed by atoms with Crippen molar-refractivity contribution in [1.29, 1.82) is 0 Å². The number of hydrogen-bond donors (Lipinski definition) is 0. The minimum atomic E-state index is -0.521. The van der Waals surface area contributed by atoms with Crippen LogP contribution in [0.25, 0.3) is 10.9 Å². The van der Waals surface area contributed by atoms with Gasteiger partial charge in [0.05, 0.1) is 5.52 Å². The number of carbonyl (C=O) groups is 2. The number of anilines is 1. The van der Waals surface area contributed by atoms with Crippen LogP contribution in [0.2, 0.25) is 0 Å². The van der Waals surface area contributed by atoms with Crippen LogP contribution in [0.5, 0.6) is 0 Å². The van der Waals surface area contributed by atoms with Gasteiger partial charge in [0.1, 0.15) is 13.1 Å². The molecule has 2 aromatic rings. The molecule has 0 aliphatic carbocycles. The number of benzene rings is 1. The number of ether oxygens (including phenoxy) is 1. The summed E-state index contributed by atoms with van der Waals surface area (Å²) >= 11 is 0. The molecule has 0 atom stereocenters. The number of pyridine rings is 1. The Labute approximate surface area is 103 Å². The van der Waals surface area contributed by atoms with Gasteiger partial charge in [-0.05, 0) is 24.3 Å². The summed E-state index contributed by atoms with van der Waals surface area (Å²) in [7, 11) is 0. The number of rotatable bonds is 1. The number of esters is 2. The van der Waals surface area contributed by atoms with Gasteiger partial charge in [0.15, 0.2) is 0 Å². The molecule has 3 rings (SSSR count). The van der Waals surface area contributed by atoms with E-state index >= 15 is 0 Å². The molecule has 0 unspecified atom stereocenters. The largest absolute Gasteiger partial charge is 0.390 e. The first-order chi connectivity index (χ1) is 8.74. The van der Waals surface area contributed by atoms with E-state index in [2.05, 4.69) is 9.72 Å². The summed E-state index contributed by atoms with van der Waals surface area (Å²) < 4.78 is 4.51. The van der Waals surface area contributed by atoms with Gasteiger partial charge in [0.2, 0.25) is 0 Å². The highest BCUT2D eigenvalue weighted by molar-refractivity contribution is 5.99. The Morgan fingerprint density at radius 1 is 1.06 bits per heavy atom. The molecule has 1 aliphatic heterocycles. The first-order valence-corrected chi connectivity index (χ1v) is 5.56. The fourth-order valence-corrected chi connectivity index (χ4v) is 2.09. The summed E-state index contributed by atoms with van der Waals surface area (Å²) in [5.74, 6) is -1.04. The number of nitrogens with zero attached hydrogens (tertiary/aromatic N) is 2. The maximum atomic E-state index is 11.3. The number of cyclic esters (lactones) is 2. The molecular formula is C13H10N2O3. The molecule has 0 spiro atoms. The quantitative estimate of drug-likeness (QED) is 0.554. The molecule has 5 nitrogen and oxygen atoms in total. The second-order valence-corrected chi connectivity index (χ2v) is 4.05. The molecule has 1 aliphatic rings. The topological polar surface area (TPSA) is 59.5 Å². The highest BCUT2D eigenvalue weighted by Crippen LogP contribution is 2.26. The third-order valence-electron chi connectivity index (χ3n) is 2.83. The Morgan fingerprint density at radius 2 is 1.83 bits per heavy atom. The summed E-state index contributed by atoms with van der Waals surface area (Å²) in [5, 5.41) is 0.919. The third-order valence-corrected chi connectivity index (χ3v) is 2.83. The average molecular weight is 242 g/mol. The summed E-state index contributed by atoms with van der Waals surface area (Å²) in [6.45, 7) is 0.166. The Morgan fingerprint density at radius 3 is 2.61 bits per heavy atom. The first kappa shape index (κ1) is 10.7. The first-order valence-electron chi connectivity index (χ1n) is 5.56. The van der Waals surface area contributed by atoms with Gasteiger partial charge >= 0.3 is 11.9 Å². The highest BCUT2D eigenvalue weighted by Gasteiger charge is 2.25. The molecule has 1 fully saturated rings. The van der Waals surface area contributed by atoms with Crippen LogP contribution in [0.3, 0.4) is 0 Å². The Balaban J connectivity index is 2.08. The van der Waals surface area contributed by atoms with E-state index in [0.717, 1.165) is 16.6 Å². The van der Waals surface area contributed by atoms with Gasteiger partial charge in [0, 0.05) is 17.3 Å². The molecule has 18 heavy (non-hydrogen) atoms. The SMILES string of the molecule is O=C1CN(c2cccc3ncccc23)CC(=O)O1. The smallest absolute Gasteiger partial charge is 0.333 e. The Hall–Kier alpha value is -2.43. The van der Waals surface area contributed by atoms with E-state index in [1.54, 1.807) is 11.1 Å². The number of hydrogen-bond acceptors (Lipinski definition) is 5. The zero-order valence-corrected chi connectivity index (χ0v) is 9.50. The van der Waals surface area contributed by atoms with Gasteiger partial charge < -0.3 is 9.64 Å². The van der Waals surface area contributed by atoms with Crippen LogP contribution in [0, 0.1) is 0 Å². The second-order valence-electron chi connectivity index (χ2n) is 4.05. The minimum Gasteiger partial charge on any atom is -0.390 e. The van der Waals surface area contributed by atoms with Crippen LogP contribution in [-0.4, -0.2) is 30.0 Å². The van der Waals surface area contributed by atoms with Crippen LogP contribution < -0.4 is 4.90 Å². The average Bonchev–Trinajstić information content (AvgIpc) is 2.37. The van der Waals surface area contributed by atoms with Crippen LogP contribution in [0.15, 0.2) is 36.5 Å². The van der Waals surface area contributed by atoms with E-state index in [1.807, 2.05) is 30.3 Å². The fraction of sp³-hybridized carbons (Fsp3) is 0.154. The molecule has 0 bridgehead atoms. The van der Waals surface area contributed by atoms with Crippen molar-refractivity contribution >= 4 is 28.5 Å². The summed E-state index contributed by atoms with van der Waals surface area (Å²) in [6.07, 6.45) is 1.71. The Kier molecular flexibility index (Phi) is 2.44. The van der Waals surface area contributed by atoms with E-state index in [-0.39, 0.29) is 13.1 Å². The lowest BCUT2D eigenvalue weighted by atomic mass is 10.1. The van der Waals surface area contributed by atoms with Crippen molar-refractivity contribution in [1.82, 2.24) is 4.98 Å². The van der Waals surface area contributed by atoms with Crippen molar-refractivity contribution in [3.8, 4) is 0 Å². The van der Waals surface area contributed by atoms with Crippen molar-refractivity contribution in [2.75, 3.05) is 18.0 Å². The molecule has 0 N–H and O–H groups in total. The third kappa shape index (κ3) is 1.79.